The average molecular weight is 355 g/mol. The van der Waals surface area contributed by atoms with Crippen LogP contribution in [0.15, 0.2) is 41.0 Å². The van der Waals surface area contributed by atoms with Crippen molar-refractivity contribution in [2.75, 3.05) is 5.32 Å². The van der Waals surface area contributed by atoms with Gasteiger partial charge in [0.2, 0.25) is 0 Å². The Bertz CT molecular complexity index is 666. The second kappa shape index (κ2) is 6.53. The summed E-state index contributed by atoms with van der Waals surface area (Å²) >= 11 is 3.15. The van der Waals surface area contributed by atoms with E-state index in [2.05, 4.69) is 26.2 Å². The number of anilines is 1. The van der Waals surface area contributed by atoms with Crippen LogP contribution in [0, 0.1) is 5.82 Å². The molecule has 2 rings (SSSR count). The van der Waals surface area contributed by atoms with E-state index in [1.54, 1.807) is 6.07 Å². The van der Waals surface area contributed by atoms with Crippen molar-refractivity contribution in [2.24, 2.45) is 0 Å². The number of carbonyl (C=O) groups is 1. The molecule has 1 aromatic carbocycles. The third-order valence-electron chi connectivity index (χ3n) is 2.59. The molecule has 1 amide bonds. The fourth-order valence-electron chi connectivity index (χ4n) is 1.53. The van der Waals surface area contributed by atoms with Gasteiger partial charge in [-0.25, -0.2) is 9.37 Å². The summed E-state index contributed by atoms with van der Waals surface area (Å²) in [7, 11) is 0. The highest BCUT2D eigenvalue weighted by Gasteiger charge is 2.18. The van der Waals surface area contributed by atoms with E-state index in [0.29, 0.717) is 10.2 Å². The van der Waals surface area contributed by atoms with Gasteiger partial charge in [0.05, 0.1) is 4.47 Å². The van der Waals surface area contributed by atoms with Crippen LogP contribution in [0.4, 0.5) is 10.2 Å². The number of carbonyl (C=O) groups excluding carboxylic acids is 1. The Morgan fingerprint density at radius 3 is 2.90 bits per heavy atom. The monoisotopic (exact) mass is 354 g/mol. The zero-order valence-corrected chi connectivity index (χ0v) is 12.6. The van der Waals surface area contributed by atoms with E-state index >= 15 is 0 Å². The second-order valence-corrected chi connectivity index (χ2v) is 5.05. The minimum atomic E-state index is -0.854. The van der Waals surface area contributed by atoms with Crippen molar-refractivity contribution in [1.82, 2.24) is 4.98 Å². The molecule has 2 aromatic rings. The van der Waals surface area contributed by atoms with Crippen molar-refractivity contribution < 1.29 is 19.0 Å². The SMILES string of the molecule is CC(Oc1ccc(F)cc1Br)C(=O)Nc1ncccc1O. The van der Waals surface area contributed by atoms with Crippen LogP contribution in [0.2, 0.25) is 0 Å². The Morgan fingerprint density at radius 1 is 1.48 bits per heavy atom. The fraction of sp³-hybridized carbons (Fsp3) is 0.143. The molecule has 1 unspecified atom stereocenters. The van der Waals surface area contributed by atoms with Gasteiger partial charge in [0.1, 0.15) is 11.6 Å². The van der Waals surface area contributed by atoms with E-state index in [1.807, 2.05) is 0 Å². The molecule has 1 heterocycles. The number of aromatic nitrogens is 1. The smallest absolute Gasteiger partial charge is 0.266 e. The lowest BCUT2D eigenvalue weighted by molar-refractivity contribution is -0.122. The average Bonchev–Trinajstić information content (AvgIpc) is 2.44. The van der Waals surface area contributed by atoms with Gasteiger partial charge >= 0.3 is 0 Å². The summed E-state index contributed by atoms with van der Waals surface area (Å²) in [5.74, 6) is -0.647. The van der Waals surface area contributed by atoms with Gasteiger partial charge in [-0.15, -0.1) is 0 Å². The normalized spacial score (nSPS) is 11.8. The molecule has 1 atom stereocenters. The maximum absolute atomic E-state index is 13.0. The third kappa shape index (κ3) is 3.91. The summed E-state index contributed by atoms with van der Waals surface area (Å²) in [4.78, 5) is 15.8. The molecule has 1 aromatic heterocycles. The molecule has 0 saturated carbocycles. The minimum absolute atomic E-state index is 0.0520. The molecule has 2 N–H and O–H groups in total. The molecule has 0 spiro atoms. The predicted molar refractivity (Wildman–Crippen MR) is 78.7 cm³/mol. The van der Waals surface area contributed by atoms with Gasteiger partial charge in [-0.2, -0.15) is 0 Å². The van der Waals surface area contributed by atoms with Crippen molar-refractivity contribution >= 4 is 27.7 Å². The van der Waals surface area contributed by atoms with Gasteiger partial charge in [-0.1, -0.05) is 0 Å². The summed E-state index contributed by atoms with van der Waals surface area (Å²) in [5, 5.41) is 12.0. The van der Waals surface area contributed by atoms with Gasteiger partial charge < -0.3 is 15.2 Å². The summed E-state index contributed by atoms with van der Waals surface area (Å²) in [6.07, 6.45) is 0.588. The molecule has 0 bridgehead atoms. The highest BCUT2D eigenvalue weighted by Crippen LogP contribution is 2.26. The fourth-order valence-corrected chi connectivity index (χ4v) is 1.97. The van der Waals surface area contributed by atoms with E-state index in [9.17, 15) is 14.3 Å². The molecule has 0 fully saturated rings. The molecule has 0 aliphatic heterocycles. The molecule has 7 heteroatoms. The van der Waals surface area contributed by atoms with E-state index in [4.69, 9.17) is 4.74 Å². The Morgan fingerprint density at radius 2 is 2.24 bits per heavy atom. The van der Waals surface area contributed by atoms with Crippen molar-refractivity contribution in [2.45, 2.75) is 13.0 Å². The Hall–Kier alpha value is -2.15. The summed E-state index contributed by atoms with van der Waals surface area (Å²) < 4.78 is 18.8. The van der Waals surface area contributed by atoms with Crippen LogP contribution in [-0.2, 0) is 4.79 Å². The molecule has 5 nitrogen and oxygen atoms in total. The third-order valence-corrected chi connectivity index (χ3v) is 3.21. The first-order valence-corrected chi connectivity index (χ1v) is 6.83. The zero-order valence-electron chi connectivity index (χ0n) is 11.0. The number of amides is 1. The van der Waals surface area contributed by atoms with Crippen LogP contribution < -0.4 is 10.1 Å². The topological polar surface area (TPSA) is 71.5 Å². The second-order valence-electron chi connectivity index (χ2n) is 4.20. The molecule has 21 heavy (non-hydrogen) atoms. The number of nitrogens with one attached hydrogen (secondary N) is 1. The number of benzene rings is 1. The number of hydrogen-bond acceptors (Lipinski definition) is 4. The van der Waals surface area contributed by atoms with Crippen LogP contribution in [-0.4, -0.2) is 22.1 Å². The number of ether oxygens (including phenoxy) is 1. The lowest BCUT2D eigenvalue weighted by Crippen LogP contribution is -2.30. The maximum atomic E-state index is 13.0. The van der Waals surface area contributed by atoms with Gasteiger partial charge in [0.15, 0.2) is 17.7 Å². The molecule has 0 radical (unpaired) electrons. The van der Waals surface area contributed by atoms with E-state index in [-0.39, 0.29) is 11.6 Å². The largest absolute Gasteiger partial charge is 0.504 e. The number of hydrogen-bond donors (Lipinski definition) is 2. The quantitative estimate of drug-likeness (QED) is 0.884. The molecule has 0 aliphatic carbocycles. The van der Waals surface area contributed by atoms with Gasteiger partial charge in [-0.05, 0) is 53.2 Å². The Balaban J connectivity index is 2.04. The lowest BCUT2D eigenvalue weighted by atomic mass is 10.3. The van der Waals surface area contributed by atoms with Gasteiger partial charge in [0, 0.05) is 6.20 Å². The number of halogens is 2. The maximum Gasteiger partial charge on any atom is 0.266 e. The number of nitrogens with zero attached hydrogens (tertiary/aromatic N) is 1. The first kappa shape index (κ1) is 15.2. The van der Waals surface area contributed by atoms with Crippen LogP contribution in [0.5, 0.6) is 11.5 Å². The highest BCUT2D eigenvalue weighted by molar-refractivity contribution is 9.10. The molecular formula is C14H12BrFN2O3. The number of rotatable bonds is 4. The highest BCUT2D eigenvalue weighted by atomic mass is 79.9. The van der Waals surface area contributed by atoms with Crippen LogP contribution >= 0.6 is 15.9 Å². The first-order valence-electron chi connectivity index (χ1n) is 6.04. The Labute approximate surface area is 128 Å². The minimum Gasteiger partial charge on any atom is -0.504 e. The molecular weight excluding hydrogens is 343 g/mol. The predicted octanol–water partition coefficient (Wildman–Crippen LogP) is 3.09. The zero-order chi connectivity index (χ0) is 15.4. The van der Waals surface area contributed by atoms with Crippen LogP contribution in [0.25, 0.3) is 0 Å². The number of aromatic hydroxyl groups is 1. The standard InChI is InChI=1S/C14H12BrFN2O3/c1-8(21-12-5-4-9(16)7-10(12)15)14(20)18-13-11(19)3-2-6-17-13/h2-8,19H,1H3,(H,17,18,20). The van der Waals surface area contributed by atoms with Crippen molar-refractivity contribution in [3.63, 3.8) is 0 Å². The summed E-state index contributed by atoms with van der Waals surface area (Å²) in [5.41, 5.74) is 0. The van der Waals surface area contributed by atoms with Crippen LogP contribution in [0.1, 0.15) is 6.92 Å². The van der Waals surface area contributed by atoms with Crippen molar-refractivity contribution in [1.29, 1.82) is 0 Å². The van der Waals surface area contributed by atoms with Crippen molar-refractivity contribution in [3.05, 3.63) is 46.8 Å². The summed E-state index contributed by atoms with van der Waals surface area (Å²) in [6, 6.07) is 6.84. The van der Waals surface area contributed by atoms with E-state index < -0.39 is 17.8 Å². The van der Waals surface area contributed by atoms with Crippen molar-refractivity contribution in [3.8, 4) is 11.5 Å². The summed E-state index contributed by atoms with van der Waals surface area (Å²) in [6.45, 7) is 1.53. The Kier molecular flexibility index (Phi) is 4.74. The van der Waals surface area contributed by atoms with Crippen LogP contribution in [0.3, 0.4) is 0 Å². The molecule has 0 saturated heterocycles. The van der Waals surface area contributed by atoms with Gasteiger partial charge in [-0.3, -0.25) is 4.79 Å². The molecule has 0 aliphatic rings. The first-order chi connectivity index (χ1) is 9.97. The van der Waals surface area contributed by atoms with E-state index in [0.717, 1.165) is 0 Å². The van der Waals surface area contributed by atoms with Gasteiger partial charge in [0.25, 0.3) is 5.91 Å². The number of pyridine rings is 1. The molecule has 110 valence electrons. The lowest BCUT2D eigenvalue weighted by Gasteiger charge is -2.15. The van der Waals surface area contributed by atoms with E-state index in [1.165, 1.54) is 37.4 Å².